The van der Waals surface area contributed by atoms with E-state index in [0.717, 1.165) is 4.31 Å². The Labute approximate surface area is 225 Å². The summed E-state index contributed by atoms with van der Waals surface area (Å²) in [6.07, 6.45) is 1.45. The number of halogens is 1. The van der Waals surface area contributed by atoms with Crippen LogP contribution < -0.4 is 14.3 Å². The molecule has 10 nitrogen and oxygen atoms in total. The number of hydrogen-bond acceptors (Lipinski definition) is 7. The molecule has 0 saturated carbocycles. The molecule has 0 saturated heterocycles. The maximum atomic E-state index is 12.9. The second-order valence-electron chi connectivity index (χ2n) is 8.08. The van der Waals surface area contributed by atoms with E-state index in [2.05, 4.69) is 20.0 Å². The molecule has 1 heterocycles. The molecule has 3 aromatic carbocycles. The number of carbonyl (C=O) groups is 1. The molecule has 0 fully saturated rings. The van der Waals surface area contributed by atoms with Crippen LogP contribution in [0, 0.1) is 6.92 Å². The number of benzene rings is 3. The van der Waals surface area contributed by atoms with Gasteiger partial charge >= 0.3 is 0 Å². The average Bonchev–Trinajstić information content (AvgIpc) is 2.88. The Kier molecular flexibility index (Phi) is 7.67. The van der Waals surface area contributed by atoms with E-state index in [1.165, 1.54) is 86.0 Å². The lowest BCUT2D eigenvalue weighted by atomic mass is 10.2. The minimum absolute atomic E-state index is 0.0325. The van der Waals surface area contributed by atoms with Gasteiger partial charge in [0.2, 0.25) is 5.95 Å². The molecule has 196 valence electrons. The fourth-order valence-electron chi connectivity index (χ4n) is 3.32. The maximum Gasteiger partial charge on any atom is 0.264 e. The second kappa shape index (κ2) is 10.8. The first-order chi connectivity index (χ1) is 18.0. The number of aromatic nitrogens is 2. The number of sulfonamides is 2. The van der Waals surface area contributed by atoms with Gasteiger partial charge in [0.15, 0.2) is 0 Å². The van der Waals surface area contributed by atoms with Crippen molar-refractivity contribution in [3.63, 3.8) is 0 Å². The molecule has 0 atom stereocenters. The number of amides is 1. The number of hydrogen-bond donors (Lipinski definition) is 2. The van der Waals surface area contributed by atoms with E-state index in [1.807, 2.05) is 0 Å². The largest absolute Gasteiger partial charge is 0.322 e. The maximum absolute atomic E-state index is 12.9. The van der Waals surface area contributed by atoms with Crippen LogP contribution in [0.1, 0.15) is 16.1 Å². The Morgan fingerprint density at radius 1 is 0.842 bits per heavy atom. The van der Waals surface area contributed by atoms with Gasteiger partial charge in [0, 0.05) is 35.2 Å². The Bertz CT molecular complexity index is 1680. The van der Waals surface area contributed by atoms with Gasteiger partial charge in [-0.25, -0.2) is 31.5 Å². The fraction of sp³-hybridized carbons (Fsp3) is 0.0800. The molecule has 0 aliphatic rings. The van der Waals surface area contributed by atoms with Crippen molar-refractivity contribution in [2.45, 2.75) is 16.7 Å². The monoisotopic (exact) mass is 571 g/mol. The van der Waals surface area contributed by atoms with E-state index in [4.69, 9.17) is 11.6 Å². The predicted octanol–water partition coefficient (Wildman–Crippen LogP) is 4.32. The van der Waals surface area contributed by atoms with Crippen LogP contribution in [0.15, 0.2) is 94.9 Å². The minimum atomic E-state index is -3.92. The summed E-state index contributed by atoms with van der Waals surface area (Å²) in [6.45, 7) is 1.71. The molecule has 0 spiro atoms. The summed E-state index contributed by atoms with van der Waals surface area (Å²) >= 11 is 5.85. The lowest BCUT2D eigenvalue weighted by Crippen LogP contribution is -2.26. The van der Waals surface area contributed by atoms with Crippen molar-refractivity contribution in [2.24, 2.45) is 0 Å². The number of anilines is 3. The van der Waals surface area contributed by atoms with Crippen molar-refractivity contribution >= 4 is 54.9 Å². The highest BCUT2D eigenvalue weighted by Gasteiger charge is 2.21. The van der Waals surface area contributed by atoms with E-state index in [0.29, 0.717) is 22.1 Å². The zero-order valence-corrected chi connectivity index (χ0v) is 22.5. The SMILES string of the molecule is Cc1ccnc(NS(=O)(=O)c2ccc(NC(=O)c3ccc(N(C)S(=O)(=O)c4ccc(Cl)cc4)cc3)cc2)n1. The van der Waals surface area contributed by atoms with Gasteiger partial charge in [-0.15, -0.1) is 0 Å². The van der Waals surface area contributed by atoms with Crippen LogP contribution >= 0.6 is 11.6 Å². The summed E-state index contributed by atoms with van der Waals surface area (Å²) in [5.74, 6) is -0.501. The Hall–Kier alpha value is -4.00. The van der Waals surface area contributed by atoms with Crippen molar-refractivity contribution in [3.8, 4) is 0 Å². The van der Waals surface area contributed by atoms with Gasteiger partial charge in [-0.3, -0.25) is 9.10 Å². The number of aryl methyl sites for hydroxylation is 1. The quantitative estimate of drug-likeness (QED) is 0.321. The number of carbonyl (C=O) groups excluding carboxylic acids is 1. The Balaban J connectivity index is 1.43. The van der Waals surface area contributed by atoms with E-state index in [-0.39, 0.29) is 21.3 Å². The third kappa shape index (κ3) is 6.10. The van der Waals surface area contributed by atoms with Crippen molar-refractivity contribution in [2.75, 3.05) is 21.4 Å². The van der Waals surface area contributed by atoms with Gasteiger partial charge in [-0.1, -0.05) is 11.6 Å². The smallest absolute Gasteiger partial charge is 0.264 e. The standard InChI is InChI=1S/C25H22ClN5O5S2/c1-17-15-16-27-25(28-17)30-37(33,34)22-13-7-20(8-14-22)29-24(32)18-3-9-21(10-4-18)31(2)38(35,36)23-11-5-19(26)6-12-23/h3-16H,1-2H3,(H,29,32)(H,27,28,30). The van der Waals surface area contributed by atoms with Crippen molar-refractivity contribution < 1.29 is 21.6 Å². The highest BCUT2D eigenvalue weighted by Crippen LogP contribution is 2.24. The van der Waals surface area contributed by atoms with E-state index < -0.39 is 26.0 Å². The molecule has 4 aromatic rings. The van der Waals surface area contributed by atoms with Gasteiger partial charge in [-0.2, -0.15) is 0 Å². The molecule has 0 aliphatic heterocycles. The summed E-state index contributed by atoms with van der Waals surface area (Å²) in [5, 5.41) is 3.10. The average molecular weight is 572 g/mol. The highest BCUT2D eigenvalue weighted by molar-refractivity contribution is 7.93. The molecule has 38 heavy (non-hydrogen) atoms. The molecule has 2 N–H and O–H groups in total. The van der Waals surface area contributed by atoms with Crippen LogP contribution in [-0.2, 0) is 20.0 Å². The minimum Gasteiger partial charge on any atom is -0.322 e. The van der Waals surface area contributed by atoms with Gasteiger partial charge in [0.1, 0.15) is 0 Å². The summed E-state index contributed by atoms with van der Waals surface area (Å²) in [6, 6.07) is 19.0. The molecule has 13 heteroatoms. The summed E-state index contributed by atoms with van der Waals surface area (Å²) in [7, 11) is -6.33. The molecule has 0 unspecified atom stereocenters. The summed E-state index contributed by atoms with van der Waals surface area (Å²) < 4.78 is 54.3. The van der Waals surface area contributed by atoms with Gasteiger partial charge < -0.3 is 5.32 Å². The van der Waals surface area contributed by atoms with E-state index in [1.54, 1.807) is 13.0 Å². The van der Waals surface area contributed by atoms with Crippen molar-refractivity contribution in [1.82, 2.24) is 9.97 Å². The van der Waals surface area contributed by atoms with Crippen LogP contribution in [0.2, 0.25) is 5.02 Å². The molecule has 0 bridgehead atoms. The van der Waals surface area contributed by atoms with Crippen LogP contribution in [0.5, 0.6) is 0 Å². The predicted molar refractivity (Wildman–Crippen MR) is 145 cm³/mol. The van der Waals surface area contributed by atoms with Crippen molar-refractivity contribution in [1.29, 1.82) is 0 Å². The summed E-state index contributed by atoms with van der Waals surface area (Å²) in [5.41, 5.74) is 1.61. The number of rotatable bonds is 8. The van der Waals surface area contributed by atoms with Crippen LogP contribution in [0.25, 0.3) is 0 Å². The third-order valence-corrected chi connectivity index (χ3v) is 8.80. The molecule has 0 aliphatic carbocycles. The molecule has 0 radical (unpaired) electrons. The van der Waals surface area contributed by atoms with E-state index in [9.17, 15) is 21.6 Å². The first kappa shape index (κ1) is 27.0. The molecule has 4 rings (SSSR count). The topological polar surface area (TPSA) is 138 Å². The van der Waals surface area contributed by atoms with Gasteiger partial charge in [0.25, 0.3) is 26.0 Å². The first-order valence-electron chi connectivity index (χ1n) is 11.0. The molecular formula is C25H22ClN5O5S2. The van der Waals surface area contributed by atoms with Gasteiger partial charge in [0.05, 0.1) is 15.5 Å². The van der Waals surface area contributed by atoms with E-state index >= 15 is 0 Å². The third-order valence-electron chi connectivity index (χ3n) is 5.41. The zero-order valence-electron chi connectivity index (χ0n) is 20.2. The van der Waals surface area contributed by atoms with Crippen molar-refractivity contribution in [3.05, 3.63) is 101 Å². The van der Waals surface area contributed by atoms with Gasteiger partial charge in [-0.05, 0) is 85.8 Å². The first-order valence-corrected chi connectivity index (χ1v) is 14.3. The fourth-order valence-corrected chi connectivity index (χ4v) is 5.60. The second-order valence-corrected chi connectivity index (χ2v) is 12.2. The lowest BCUT2D eigenvalue weighted by Gasteiger charge is -2.20. The number of nitrogens with zero attached hydrogens (tertiary/aromatic N) is 3. The summed E-state index contributed by atoms with van der Waals surface area (Å²) in [4.78, 5) is 20.7. The Morgan fingerprint density at radius 2 is 1.45 bits per heavy atom. The van der Waals surface area contributed by atoms with Crippen LogP contribution in [0.4, 0.5) is 17.3 Å². The zero-order chi connectivity index (χ0) is 27.5. The normalized spacial score (nSPS) is 11.6. The lowest BCUT2D eigenvalue weighted by molar-refractivity contribution is 0.102. The molecular weight excluding hydrogens is 550 g/mol. The molecule has 1 aromatic heterocycles. The van der Waals surface area contributed by atoms with Crippen LogP contribution in [0.3, 0.4) is 0 Å². The van der Waals surface area contributed by atoms with Crippen LogP contribution in [-0.4, -0.2) is 39.8 Å². The Morgan fingerprint density at radius 3 is 2.05 bits per heavy atom. The highest BCUT2D eigenvalue weighted by atomic mass is 35.5. The number of nitrogens with one attached hydrogen (secondary N) is 2. The molecule has 1 amide bonds.